The fourth-order valence-electron chi connectivity index (χ4n) is 3.82. The van der Waals surface area contributed by atoms with Gasteiger partial charge in [-0.15, -0.1) is 5.10 Å². The SMILES string of the molecule is CN(CC1CCCCO1)C(=O)c1nc(Cc2ccccc2)n(-c2ccc(S(N)(=O)=O)cc2)n1. The van der Waals surface area contributed by atoms with Gasteiger partial charge in [-0.1, -0.05) is 30.3 Å². The summed E-state index contributed by atoms with van der Waals surface area (Å²) in [5.41, 5.74) is 1.59. The summed E-state index contributed by atoms with van der Waals surface area (Å²) in [5, 5.41) is 9.68. The highest BCUT2D eigenvalue weighted by molar-refractivity contribution is 7.89. The quantitative estimate of drug-likeness (QED) is 0.566. The van der Waals surface area contributed by atoms with E-state index in [9.17, 15) is 13.2 Å². The minimum atomic E-state index is -3.81. The van der Waals surface area contributed by atoms with Gasteiger partial charge in [-0.3, -0.25) is 4.79 Å². The topological polar surface area (TPSA) is 120 Å². The number of sulfonamides is 1. The van der Waals surface area contributed by atoms with Crippen molar-refractivity contribution in [1.82, 2.24) is 19.7 Å². The van der Waals surface area contributed by atoms with Crippen LogP contribution in [0.3, 0.4) is 0 Å². The summed E-state index contributed by atoms with van der Waals surface area (Å²) >= 11 is 0. The van der Waals surface area contributed by atoms with Crippen molar-refractivity contribution in [1.29, 1.82) is 0 Å². The lowest BCUT2D eigenvalue weighted by Crippen LogP contribution is -2.37. The maximum absolute atomic E-state index is 13.1. The first-order valence-electron chi connectivity index (χ1n) is 10.8. The van der Waals surface area contributed by atoms with Gasteiger partial charge in [0, 0.05) is 26.6 Å². The highest BCUT2D eigenvalue weighted by Gasteiger charge is 2.24. The molecular weight excluding hydrogens is 442 g/mol. The molecule has 0 spiro atoms. The van der Waals surface area contributed by atoms with Crippen molar-refractivity contribution < 1.29 is 17.9 Å². The molecule has 1 atom stereocenters. The number of carbonyl (C=O) groups excluding carboxylic acids is 1. The molecule has 1 fully saturated rings. The summed E-state index contributed by atoms with van der Waals surface area (Å²) in [5.74, 6) is 0.350. The van der Waals surface area contributed by atoms with E-state index < -0.39 is 10.0 Å². The maximum atomic E-state index is 13.1. The van der Waals surface area contributed by atoms with Crippen molar-refractivity contribution in [2.24, 2.45) is 5.14 Å². The van der Waals surface area contributed by atoms with E-state index in [0.717, 1.165) is 31.4 Å². The van der Waals surface area contributed by atoms with Crippen LogP contribution in [0.2, 0.25) is 0 Å². The Morgan fingerprint density at radius 3 is 2.52 bits per heavy atom. The lowest BCUT2D eigenvalue weighted by molar-refractivity contribution is -0.000400. The monoisotopic (exact) mass is 469 g/mol. The summed E-state index contributed by atoms with van der Waals surface area (Å²) in [4.78, 5) is 19.2. The van der Waals surface area contributed by atoms with Gasteiger partial charge in [0.1, 0.15) is 5.82 Å². The molecule has 1 amide bonds. The molecule has 2 heterocycles. The summed E-state index contributed by atoms with van der Waals surface area (Å²) < 4.78 is 30.5. The van der Waals surface area contributed by atoms with E-state index in [2.05, 4.69) is 10.1 Å². The van der Waals surface area contributed by atoms with Gasteiger partial charge < -0.3 is 9.64 Å². The molecule has 33 heavy (non-hydrogen) atoms. The molecule has 174 valence electrons. The number of benzene rings is 2. The largest absolute Gasteiger partial charge is 0.376 e. The minimum absolute atomic E-state index is 0.000472. The summed E-state index contributed by atoms with van der Waals surface area (Å²) in [7, 11) is -2.09. The molecule has 1 aromatic heterocycles. The second kappa shape index (κ2) is 9.82. The van der Waals surface area contributed by atoms with Crippen molar-refractivity contribution in [2.75, 3.05) is 20.2 Å². The molecular formula is C23H27N5O4S. The predicted molar refractivity (Wildman–Crippen MR) is 123 cm³/mol. The van der Waals surface area contributed by atoms with Crippen molar-refractivity contribution in [3.05, 3.63) is 71.8 Å². The van der Waals surface area contributed by atoms with E-state index in [-0.39, 0.29) is 22.7 Å². The van der Waals surface area contributed by atoms with Crippen molar-refractivity contribution in [2.45, 2.75) is 36.7 Å². The predicted octanol–water partition coefficient (Wildman–Crippen LogP) is 2.15. The number of amides is 1. The Kier molecular flexibility index (Phi) is 6.87. The van der Waals surface area contributed by atoms with Crippen LogP contribution >= 0.6 is 0 Å². The number of aromatic nitrogens is 3. The molecule has 10 heteroatoms. The average Bonchev–Trinajstić information content (AvgIpc) is 3.23. The number of hydrogen-bond donors (Lipinski definition) is 1. The third-order valence-electron chi connectivity index (χ3n) is 5.58. The fourth-order valence-corrected chi connectivity index (χ4v) is 4.34. The number of primary sulfonamides is 1. The fraction of sp³-hybridized carbons (Fsp3) is 0.348. The van der Waals surface area contributed by atoms with Crippen molar-refractivity contribution in [3.8, 4) is 5.69 Å². The van der Waals surface area contributed by atoms with Crippen LogP contribution in [0.25, 0.3) is 5.69 Å². The molecule has 1 unspecified atom stereocenters. The minimum Gasteiger partial charge on any atom is -0.376 e. The molecule has 0 saturated carbocycles. The van der Waals surface area contributed by atoms with E-state index >= 15 is 0 Å². The Labute approximate surface area is 193 Å². The Hall–Kier alpha value is -3.08. The zero-order valence-corrected chi connectivity index (χ0v) is 19.2. The van der Waals surface area contributed by atoms with Gasteiger partial charge in [-0.2, -0.15) is 0 Å². The van der Waals surface area contributed by atoms with Crippen LogP contribution in [0.1, 0.15) is 41.3 Å². The van der Waals surface area contributed by atoms with E-state index in [1.165, 1.54) is 12.1 Å². The summed E-state index contributed by atoms with van der Waals surface area (Å²) in [6, 6.07) is 15.7. The van der Waals surface area contributed by atoms with E-state index in [1.807, 2.05) is 30.3 Å². The molecule has 2 N–H and O–H groups in total. The zero-order valence-electron chi connectivity index (χ0n) is 18.4. The molecule has 0 bridgehead atoms. The molecule has 1 aliphatic rings. The van der Waals surface area contributed by atoms with Gasteiger partial charge in [0.05, 0.1) is 16.7 Å². The van der Waals surface area contributed by atoms with Crippen molar-refractivity contribution in [3.63, 3.8) is 0 Å². The molecule has 2 aromatic carbocycles. The number of rotatable bonds is 7. The zero-order chi connectivity index (χ0) is 23.4. The van der Waals surface area contributed by atoms with Crippen LogP contribution in [-0.2, 0) is 21.2 Å². The second-order valence-corrected chi connectivity index (χ2v) is 9.70. The van der Waals surface area contributed by atoms with Gasteiger partial charge in [-0.05, 0) is 49.1 Å². The Balaban J connectivity index is 1.63. The first-order chi connectivity index (χ1) is 15.8. The van der Waals surface area contributed by atoms with Crippen LogP contribution in [0, 0.1) is 0 Å². The Morgan fingerprint density at radius 2 is 1.88 bits per heavy atom. The summed E-state index contributed by atoms with van der Waals surface area (Å²) in [6.45, 7) is 1.19. The molecule has 1 aliphatic heterocycles. The number of ether oxygens (including phenoxy) is 1. The normalized spacial score (nSPS) is 16.5. The molecule has 0 radical (unpaired) electrons. The number of nitrogens with zero attached hydrogens (tertiary/aromatic N) is 4. The molecule has 0 aliphatic carbocycles. The first-order valence-corrected chi connectivity index (χ1v) is 12.4. The van der Waals surface area contributed by atoms with Gasteiger partial charge in [-0.25, -0.2) is 23.2 Å². The highest BCUT2D eigenvalue weighted by Crippen LogP contribution is 2.18. The van der Waals surface area contributed by atoms with Crippen LogP contribution in [0.15, 0.2) is 59.5 Å². The lowest BCUT2D eigenvalue weighted by Gasteiger charge is -2.26. The third kappa shape index (κ3) is 5.65. The van der Waals surface area contributed by atoms with E-state index in [0.29, 0.717) is 24.5 Å². The van der Waals surface area contributed by atoms with Crippen LogP contribution in [-0.4, -0.2) is 60.3 Å². The van der Waals surface area contributed by atoms with Crippen molar-refractivity contribution >= 4 is 15.9 Å². The summed E-state index contributed by atoms with van der Waals surface area (Å²) in [6.07, 6.45) is 3.54. The van der Waals surface area contributed by atoms with Gasteiger partial charge in [0.15, 0.2) is 0 Å². The molecule has 3 aromatic rings. The Morgan fingerprint density at radius 1 is 1.15 bits per heavy atom. The van der Waals surface area contributed by atoms with Crippen LogP contribution in [0.4, 0.5) is 0 Å². The lowest BCUT2D eigenvalue weighted by atomic mass is 10.1. The number of carbonyl (C=O) groups is 1. The van der Waals surface area contributed by atoms with Crippen LogP contribution < -0.4 is 5.14 Å². The van der Waals surface area contributed by atoms with E-state index in [1.54, 1.807) is 28.8 Å². The van der Waals surface area contributed by atoms with E-state index in [4.69, 9.17) is 9.88 Å². The van der Waals surface area contributed by atoms with Gasteiger partial charge in [0.25, 0.3) is 5.91 Å². The van der Waals surface area contributed by atoms with Gasteiger partial charge in [0.2, 0.25) is 15.8 Å². The third-order valence-corrected chi connectivity index (χ3v) is 6.51. The van der Waals surface area contributed by atoms with Crippen LogP contribution in [0.5, 0.6) is 0 Å². The maximum Gasteiger partial charge on any atom is 0.293 e. The second-order valence-electron chi connectivity index (χ2n) is 8.14. The highest BCUT2D eigenvalue weighted by atomic mass is 32.2. The average molecular weight is 470 g/mol. The number of hydrogen-bond acceptors (Lipinski definition) is 6. The Bertz CT molecular complexity index is 1200. The van der Waals surface area contributed by atoms with Gasteiger partial charge >= 0.3 is 0 Å². The number of likely N-dealkylation sites (N-methyl/N-ethyl adjacent to an activating group) is 1. The first kappa shape index (κ1) is 23.1. The standard InChI is InChI=1S/C23H27N5O4S/c1-27(16-19-9-5-6-14-32-19)23(29)22-25-21(15-17-7-3-2-4-8-17)28(26-22)18-10-12-20(13-11-18)33(24,30)31/h2-4,7-8,10-13,19H,5-6,9,14-16H2,1H3,(H2,24,30,31). The smallest absolute Gasteiger partial charge is 0.293 e. The number of nitrogens with two attached hydrogens (primary N) is 1. The molecule has 4 rings (SSSR count). The molecule has 9 nitrogen and oxygen atoms in total. The molecule has 1 saturated heterocycles.